The van der Waals surface area contributed by atoms with Crippen LogP contribution in [0.1, 0.15) is 30.9 Å². The van der Waals surface area contributed by atoms with E-state index in [1.54, 1.807) is 10.6 Å². The highest BCUT2D eigenvalue weighted by atomic mass is 35.5. The van der Waals surface area contributed by atoms with Crippen molar-refractivity contribution in [3.8, 4) is 0 Å². The molecule has 0 bridgehead atoms. The summed E-state index contributed by atoms with van der Waals surface area (Å²) in [4.78, 5) is 11.0. The number of aliphatic imine (C=N–C) groups is 1. The fourth-order valence-electron chi connectivity index (χ4n) is 3.28. The molecule has 2 unspecified atom stereocenters. The van der Waals surface area contributed by atoms with Crippen molar-refractivity contribution in [2.45, 2.75) is 26.1 Å². The van der Waals surface area contributed by atoms with Crippen molar-refractivity contribution in [3.63, 3.8) is 0 Å². The number of hydrogen-bond acceptors (Lipinski definition) is 5. The van der Waals surface area contributed by atoms with E-state index < -0.39 is 6.35 Å². The van der Waals surface area contributed by atoms with Gasteiger partial charge in [0, 0.05) is 29.7 Å². The van der Waals surface area contributed by atoms with Gasteiger partial charge >= 0.3 is 0 Å². The summed E-state index contributed by atoms with van der Waals surface area (Å²) in [5.74, 6) is 0.571. The van der Waals surface area contributed by atoms with Crippen LogP contribution in [0.5, 0.6) is 0 Å². The molecule has 1 aliphatic rings. The molecule has 7 heteroatoms. The second kappa shape index (κ2) is 10.7. The maximum Gasteiger partial charge on any atom is 0.229 e. The Morgan fingerprint density at radius 2 is 1.97 bits per heavy atom. The molecule has 1 aliphatic heterocycles. The van der Waals surface area contributed by atoms with Gasteiger partial charge in [0.15, 0.2) is 0 Å². The minimum atomic E-state index is -0.479. The van der Waals surface area contributed by atoms with Gasteiger partial charge in [-0.2, -0.15) is 0 Å². The molecule has 0 amide bonds. The first kappa shape index (κ1) is 21.7. The molecule has 0 spiro atoms. The van der Waals surface area contributed by atoms with E-state index in [1.165, 1.54) is 0 Å². The molecule has 3 rings (SSSR count). The van der Waals surface area contributed by atoms with Crippen LogP contribution in [0.15, 0.2) is 53.5 Å². The standard InChI is InChI=1S/C22H27ClN4OS/c1-16(10-12-24-15-29)11-13-25-22-26-21(17-6-4-3-5-7-17)19-14-18(23)8-9-20(19)27(2)28-22/h3-9,14-16,22,25H,10-13H2,1-2H3,(H,24,29). The Morgan fingerprint density at radius 1 is 1.21 bits per heavy atom. The van der Waals surface area contributed by atoms with Gasteiger partial charge in [-0.05, 0) is 43.5 Å². The zero-order valence-electron chi connectivity index (χ0n) is 16.8. The highest BCUT2D eigenvalue weighted by Gasteiger charge is 2.23. The van der Waals surface area contributed by atoms with Gasteiger partial charge < -0.3 is 5.32 Å². The Bertz CT molecular complexity index is 846. The Hall–Kier alpha value is -1.99. The fraction of sp³-hybridized carbons (Fsp3) is 0.364. The van der Waals surface area contributed by atoms with Gasteiger partial charge in [-0.25, -0.2) is 9.83 Å². The molecule has 0 aromatic heterocycles. The predicted octanol–water partition coefficient (Wildman–Crippen LogP) is 4.40. The van der Waals surface area contributed by atoms with Gasteiger partial charge in [0.1, 0.15) is 0 Å². The molecular formula is C22H27ClN4OS. The Labute approximate surface area is 183 Å². The number of anilines is 1. The number of fused-ring (bicyclic) bond motifs is 1. The third-order valence-electron chi connectivity index (χ3n) is 4.93. The number of rotatable bonds is 9. The van der Waals surface area contributed by atoms with Crippen LogP contribution in [0.2, 0.25) is 5.02 Å². The molecule has 2 N–H and O–H groups in total. The van der Waals surface area contributed by atoms with Crippen LogP contribution in [-0.4, -0.2) is 37.7 Å². The summed E-state index contributed by atoms with van der Waals surface area (Å²) in [6, 6.07) is 15.9. The zero-order chi connectivity index (χ0) is 20.6. The van der Waals surface area contributed by atoms with E-state index in [9.17, 15) is 0 Å². The van der Waals surface area contributed by atoms with Gasteiger partial charge in [0.05, 0.1) is 16.9 Å². The highest BCUT2D eigenvalue weighted by molar-refractivity contribution is 7.78. The van der Waals surface area contributed by atoms with E-state index in [4.69, 9.17) is 33.6 Å². The molecule has 2 atom stereocenters. The monoisotopic (exact) mass is 430 g/mol. The predicted molar refractivity (Wildman–Crippen MR) is 125 cm³/mol. The Morgan fingerprint density at radius 3 is 2.72 bits per heavy atom. The second-order valence-electron chi connectivity index (χ2n) is 7.17. The summed E-state index contributed by atoms with van der Waals surface area (Å²) in [5, 5.41) is 8.94. The quantitative estimate of drug-likeness (QED) is 0.456. The molecule has 2 aromatic rings. The van der Waals surface area contributed by atoms with Crippen LogP contribution in [0.3, 0.4) is 0 Å². The van der Waals surface area contributed by atoms with Crippen LogP contribution < -0.4 is 15.7 Å². The SMILES string of the molecule is CC(CCNC=S)CCNC1N=C(c2ccccc2)c2cc(Cl)ccc2N(C)O1. The van der Waals surface area contributed by atoms with E-state index in [2.05, 4.69) is 29.7 Å². The normalized spacial score (nSPS) is 17.1. The van der Waals surface area contributed by atoms with Crippen LogP contribution >= 0.6 is 23.8 Å². The van der Waals surface area contributed by atoms with Crippen molar-refractivity contribution in [3.05, 3.63) is 64.7 Å². The first-order chi connectivity index (χ1) is 14.1. The van der Waals surface area contributed by atoms with Gasteiger partial charge in [0.25, 0.3) is 0 Å². The van der Waals surface area contributed by atoms with Gasteiger partial charge in [-0.1, -0.05) is 61.1 Å². The maximum absolute atomic E-state index is 6.29. The summed E-state index contributed by atoms with van der Waals surface area (Å²) in [6.45, 7) is 3.95. The number of nitrogens with one attached hydrogen (secondary N) is 2. The average Bonchev–Trinajstić information content (AvgIpc) is 2.85. The minimum Gasteiger partial charge on any atom is -0.382 e. The first-order valence-corrected chi connectivity index (χ1v) is 10.7. The molecule has 0 radical (unpaired) electrons. The lowest BCUT2D eigenvalue weighted by atomic mass is 10.0. The number of hydroxylamine groups is 1. The molecule has 0 saturated heterocycles. The third-order valence-corrected chi connectivity index (χ3v) is 5.33. The van der Waals surface area contributed by atoms with E-state index in [0.717, 1.165) is 48.5 Å². The van der Waals surface area contributed by atoms with Crippen LogP contribution in [0.25, 0.3) is 0 Å². The van der Waals surface area contributed by atoms with Crippen molar-refractivity contribution in [1.82, 2.24) is 10.6 Å². The lowest BCUT2D eigenvalue weighted by molar-refractivity contribution is 0.0267. The van der Waals surface area contributed by atoms with Crippen molar-refractivity contribution in [2.24, 2.45) is 10.9 Å². The number of benzene rings is 2. The summed E-state index contributed by atoms with van der Waals surface area (Å²) < 4.78 is 0. The van der Waals surface area contributed by atoms with Crippen molar-refractivity contribution >= 4 is 40.7 Å². The number of hydrogen-bond donors (Lipinski definition) is 2. The smallest absolute Gasteiger partial charge is 0.229 e. The molecule has 2 aromatic carbocycles. The van der Waals surface area contributed by atoms with Crippen molar-refractivity contribution < 1.29 is 4.84 Å². The van der Waals surface area contributed by atoms with E-state index >= 15 is 0 Å². The lowest BCUT2D eigenvalue weighted by Gasteiger charge is -2.23. The van der Waals surface area contributed by atoms with E-state index in [-0.39, 0.29) is 0 Å². The highest BCUT2D eigenvalue weighted by Crippen LogP contribution is 2.29. The largest absolute Gasteiger partial charge is 0.382 e. The van der Waals surface area contributed by atoms with Gasteiger partial charge in [0.2, 0.25) is 6.35 Å². The van der Waals surface area contributed by atoms with Crippen LogP contribution in [0, 0.1) is 5.92 Å². The molecule has 1 heterocycles. The van der Waals surface area contributed by atoms with Crippen molar-refractivity contribution in [2.75, 3.05) is 25.2 Å². The summed E-state index contributed by atoms with van der Waals surface area (Å²) in [5.41, 5.74) is 5.35. The van der Waals surface area contributed by atoms with Crippen molar-refractivity contribution in [1.29, 1.82) is 0 Å². The molecule has 0 saturated carbocycles. The third kappa shape index (κ3) is 6.00. The number of halogens is 1. The summed E-state index contributed by atoms with van der Waals surface area (Å²) in [7, 11) is 1.89. The molecular weight excluding hydrogens is 404 g/mol. The molecule has 0 fully saturated rings. The van der Waals surface area contributed by atoms with Gasteiger partial charge in [-0.15, -0.1) is 0 Å². The molecule has 5 nitrogen and oxygen atoms in total. The summed E-state index contributed by atoms with van der Waals surface area (Å²) >= 11 is 11.1. The number of nitrogens with zero attached hydrogens (tertiary/aromatic N) is 2. The van der Waals surface area contributed by atoms with E-state index in [0.29, 0.717) is 10.9 Å². The molecule has 0 aliphatic carbocycles. The van der Waals surface area contributed by atoms with Crippen LogP contribution in [-0.2, 0) is 4.84 Å². The second-order valence-corrected chi connectivity index (χ2v) is 7.84. The lowest BCUT2D eigenvalue weighted by Crippen LogP contribution is -2.36. The minimum absolute atomic E-state index is 0.479. The Balaban J connectivity index is 1.77. The fourth-order valence-corrected chi connectivity index (χ4v) is 3.57. The maximum atomic E-state index is 6.29. The zero-order valence-corrected chi connectivity index (χ0v) is 18.3. The van der Waals surface area contributed by atoms with E-state index in [1.807, 2.05) is 43.4 Å². The molecule has 154 valence electrons. The molecule has 29 heavy (non-hydrogen) atoms. The van der Waals surface area contributed by atoms with Crippen LogP contribution in [0.4, 0.5) is 5.69 Å². The summed E-state index contributed by atoms with van der Waals surface area (Å²) in [6.07, 6.45) is 1.62. The Kier molecular flexibility index (Phi) is 8.00. The first-order valence-electron chi connectivity index (χ1n) is 9.82. The topological polar surface area (TPSA) is 48.9 Å². The van der Waals surface area contributed by atoms with Gasteiger partial charge in [-0.3, -0.25) is 10.4 Å². The average molecular weight is 431 g/mol. The number of thiocarbonyl (C=S) groups is 1.